The predicted molar refractivity (Wildman–Crippen MR) is 56.9 cm³/mol. The Morgan fingerprint density at radius 3 is 2.29 bits per heavy atom. The quantitative estimate of drug-likeness (QED) is 0.594. The van der Waals surface area contributed by atoms with Crippen LogP contribution in [0, 0.1) is 5.92 Å². The Morgan fingerprint density at radius 2 is 1.86 bits per heavy atom. The topological polar surface area (TPSA) is 49.7 Å². The van der Waals surface area contributed by atoms with Crippen LogP contribution in [0.5, 0.6) is 0 Å². The van der Waals surface area contributed by atoms with E-state index >= 15 is 0 Å². The Morgan fingerprint density at radius 1 is 1.21 bits per heavy atom. The first kappa shape index (κ1) is 13.9. The van der Waals surface area contributed by atoms with Gasteiger partial charge in [0.05, 0.1) is 6.61 Å². The predicted octanol–water partition coefficient (Wildman–Crippen LogP) is 1.92. The van der Waals surface area contributed by atoms with E-state index in [0.717, 1.165) is 12.8 Å². The molecule has 0 aliphatic carbocycles. The Balaban J connectivity index is 3.60. The normalized spacial score (nSPS) is 17.8. The Kier molecular flexibility index (Phi) is 8.14. The maximum Gasteiger partial charge on any atom is 0.180 e. The zero-order valence-electron chi connectivity index (χ0n) is 9.57. The molecule has 0 aromatic carbocycles. The number of rotatable bonds is 8. The third-order valence-electron chi connectivity index (χ3n) is 2.46. The Hall–Kier alpha value is -0.120. The van der Waals surface area contributed by atoms with Gasteiger partial charge in [0.2, 0.25) is 0 Å². The first-order valence-corrected chi connectivity index (χ1v) is 5.59. The van der Waals surface area contributed by atoms with Gasteiger partial charge >= 0.3 is 0 Å². The Labute approximate surface area is 87.1 Å². The Bertz CT molecular complexity index is 126. The molecular weight excluding hydrogens is 180 g/mol. The summed E-state index contributed by atoms with van der Waals surface area (Å²) in [6.45, 7) is 6.36. The van der Waals surface area contributed by atoms with E-state index in [1.54, 1.807) is 0 Å². The first-order chi connectivity index (χ1) is 6.61. The van der Waals surface area contributed by atoms with Crippen molar-refractivity contribution in [2.75, 3.05) is 6.61 Å². The van der Waals surface area contributed by atoms with Gasteiger partial charge in [-0.15, -0.1) is 0 Å². The van der Waals surface area contributed by atoms with Gasteiger partial charge in [0.25, 0.3) is 0 Å². The van der Waals surface area contributed by atoms with Crippen molar-refractivity contribution in [1.29, 1.82) is 0 Å². The molecule has 0 aromatic heterocycles. The highest BCUT2D eigenvalue weighted by Gasteiger charge is 2.13. The van der Waals surface area contributed by atoms with Crippen LogP contribution >= 0.6 is 0 Å². The first-order valence-electron chi connectivity index (χ1n) is 5.59. The molecule has 0 radical (unpaired) electrons. The SMILES string of the molecule is CCCCC(CC)COC(O)C(C)O. The van der Waals surface area contributed by atoms with Crippen LogP contribution in [0.15, 0.2) is 0 Å². The molecule has 0 spiro atoms. The van der Waals surface area contributed by atoms with E-state index in [1.165, 1.54) is 19.8 Å². The number of ether oxygens (including phenoxy) is 1. The molecular formula is C11H24O3. The van der Waals surface area contributed by atoms with Crippen molar-refractivity contribution < 1.29 is 14.9 Å². The molecule has 3 nitrogen and oxygen atoms in total. The molecule has 3 unspecified atom stereocenters. The van der Waals surface area contributed by atoms with Gasteiger partial charge in [0, 0.05) is 0 Å². The molecule has 0 rings (SSSR count). The molecule has 0 aromatic rings. The second-order valence-electron chi connectivity index (χ2n) is 3.88. The van der Waals surface area contributed by atoms with Crippen LogP contribution in [0.1, 0.15) is 46.5 Å². The third-order valence-corrected chi connectivity index (χ3v) is 2.46. The summed E-state index contributed by atoms with van der Waals surface area (Å²) >= 11 is 0. The summed E-state index contributed by atoms with van der Waals surface area (Å²) in [5.74, 6) is 0.503. The average molecular weight is 204 g/mol. The number of hydrogen-bond acceptors (Lipinski definition) is 3. The molecule has 0 amide bonds. The third kappa shape index (κ3) is 6.35. The second kappa shape index (κ2) is 8.21. The smallest absolute Gasteiger partial charge is 0.180 e. The summed E-state index contributed by atoms with van der Waals surface area (Å²) in [5, 5.41) is 18.2. The lowest BCUT2D eigenvalue weighted by Gasteiger charge is -2.19. The van der Waals surface area contributed by atoms with Crippen LogP contribution in [0.2, 0.25) is 0 Å². The van der Waals surface area contributed by atoms with Gasteiger partial charge in [-0.2, -0.15) is 0 Å². The minimum Gasteiger partial charge on any atom is -0.388 e. The molecule has 3 heteroatoms. The van der Waals surface area contributed by atoms with Crippen molar-refractivity contribution in [2.24, 2.45) is 5.92 Å². The van der Waals surface area contributed by atoms with Crippen molar-refractivity contribution >= 4 is 0 Å². The maximum atomic E-state index is 9.22. The van der Waals surface area contributed by atoms with Gasteiger partial charge in [0.1, 0.15) is 6.10 Å². The van der Waals surface area contributed by atoms with E-state index in [4.69, 9.17) is 9.84 Å². The molecule has 0 heterocycles. The van der Waals surface area contributed by atoms with Gasteiger partial charge < -0.3 is 14.9 Å². The minimum atomic E-state index is -1.04. The lowest BCUT2D eigenvalue weighted by atomic mass is 10.0. The molecule has 0 saturated heterocycles. The van der Waals surface area contributed by atoms with Gasteiger partial charge in [-0.3, -0.25) is 0 Å². The lowest BCUT2D eigenvalue weighted by molar-refractivity contribution is -0.163. The van der Waals surface area contributed by atoms with E-state index in [0.29, 0.717) is 12.5 Å². The fourth-order valence-electron chi connectivity index (χ4n) is 1.27. The van der Waals surface area contributed by atoms with Crippen molar-refractivity contribution in [2.45, 2.75) is 58.8 Å². The van der Waals surface area contributed by atoms with E-state index < -0.39 is 12.4 Å². The van der Waals surface area contributed by atoms with Crippen molar-refractivity contribution in [3.05, 3.63) is 0 Å². The highest BCUT2D eigenvalue weighted by atomic mass is 16.6. The highest BCUT2D eigenvalue weighted by molar-refractivity contribution is 4.58. The van der Waals surface area contributed by atoms with E-state index in [1.807, 2.05) is 0 Å². The van der Waals surface area contributed by atoms with Crippen molar-refractivity contribution in [1.82, 2.24) is 0 Å². The van der Waals surface area contributed by atoms with Crippen LogP contribution in [0.4, 0.5) is 0 Å². The standard InChI is InChI=1S/C11H24O3/c1-4-6-7-10(5-2)8-14-11(13)9(3)12/h9-13H,4-8H2,1-3H3. The van der Waals surface area contributed by atoms with Crippen molar-refractivity contribution in [3.63, 3.8) is 0 Å². The summed E-state index contributed by atoms with van der Waals surface area (Å²) in [5.41, 5.74) is 0. The van der Waals surface area contributed by atoms with Gasteiger partial charge in [0.15, 0.2) is 6.29 Å². The van der Waals surface area contributed by atoms with Crippen LogP contribution in [-0.4, -0.2) is 29.2 Å². The molecule has 0 aliphatic heterocycles. The molecule has 2 N–H and O–H groups in total. The fraction of sp³-hybridized carbons (Fsp3) is 1.00. The average Bonchev–Trinajstić information content (AvgIpc) is 2.17. The van der Waals surface area contributed by atoms with Crippen LogP contribution in [0.3, 0.4) is 0 Å². The molecule has 3 atom stereocenters. The van der Waals surface area contributed by atoms with Gasteiger partial charge in [-0.05, 0) is 19.3 Å². The summed E-state index contributed by atoms with van der Waals surface area (Å²) in [7, 11) is 0. The molecule has 14 heavy (non-hydrogen) atoms. The number of aliphatic hydroxyl groups is 2. The van der Waals surface area contributed by atoms with Gasteiger partial charge in [-0.1, -0.05) is 33.1 Å². The van der Waals surface area contributed by atoms with Crippen LogP contribution < -0.4 is 0 Å². The molecule has 0 saturated carbocycles. The summed E-state index contributed by atoms with van der Waals surface area (Å²) < 4.78 is 5.16. The summed E-state index contributed by atoms with van der Waals surface area (Å²) in [4.78, 5) is 0. The highest BCUT2D eigenvalue weighted by Crippen LogP contribution is 2.13. The fourth-order valence-corrected chi connectivity index (χ4v) is 1.27. The van der Waals surface area contributed by atoms with Crippen LogP contribution in [-0.2, 0) is 4.74 Å². The summed E-state index contributed by atoms with van der Waals surface area (Å²) in [6.07, 6.45) is 2.75. The zero-order chi connectivity index (χ0) is 11.0. The molecule has 0 fully saturated rings. The lowest BCUT2D eigenvalue weighted by Crippen LogP contribution is -2.28. The molecule has 86 valence electrons. The number of unbranched alkanes of at least 4 members (excludes halogenated alkanes) is 1. The van der Waals surface area contributed by atoms with E-state index in [2.05, 4.69) is 13.8 Å². The zero-order valence-corrected chi connectivity index (χ0v) is 9.57. The molecule has 0 aliphatic rings. The van der Waals surface area contributed by atoms with Gasteiger partial charge in [-0.25, -0.2) is 0 Å². The van der Waals surface area contributed by atoms with E-state index in [9.17, 15) is 5.11 Å². The largest absolute Gasteiger partial charge is 0.388 e. The van der Waals surface area contributed by atoms with E-state index in [-0.39, 0.29) is 0 Å². The maximum absolute atomic E-state index is 9.22. The number of aliphatic hydroxyl groups excluding tert-OH is 2. The number of hydrogen-bond donors (Lipinski definition) is 2. The van der Waals surface area contributed by atoms with Crippen LogP contribution in [0.25, 0.3) is 0 Å². The minimum absolute atomic E-state index is 0.503. The monoisotopic (exact) mass is 204 g/mol. The molecule has 0 bridgehead atoms. The summed E-state index contributed by atoms with van der Waals surface area (Å²) in [6, 6.07) is 0. The van der Waals surface area contributed by atoms with Crippen molar-refractivity contribution in [3.8, 4) is 0 Å². The second-order valence-corrected chi connectivity index (χ2v) is 3.88.